The number of thioether (sulfide) groups is 1. The van der Waals surface area contributed by atoms with Crippen LogP contribution in [-0.2, 0) is 4.79 Å². The predicted octanol–water partition coefficient (Wildman–Crippen LogP) is 3.82. The molecule has 2 amide bonds. The van der Waals surface area contributed by atoms with Crippen LogP contribution in [0.4, 0.5) is 4.79 Å². The van der Waals surface area contributed by atoms with Gasteiger partial charge in [0.25, 0.3) is 11.1 Å². The van der Waals surface area contributed by atoms with Crippen molar-refractivity contribution in [1.82, 2.24) is 5.32 Å². The van der Waals surface area contributed by atoms with Crippen LogP contribution in [0.3, 0.4) is 0 Å². The molecular formula is C19H14ClNO6S. The second-order valence-electron chi connectivity index (χ2n) is 5.57. The Morgan fingerprint density at radius 2 is 1.82 bits per heavy atom. The number of carboxylic acid groups (broad SMARTS) is 1. The first-order chi connectivity index (χ1) is 13.4. The van der Waals surface area contributed by atoms with Crippen LogP contribution in [0.25, 0.3) is 6.08 Å². The average Bonchev–Trinajstić information content (AvgIpc) is 2.98. The first-order valence-corrected chi connectivity index (χ1v) is 9.25. The monoisotopic (exact) mass is 419 g/mol. The highest BCUT2D eigenvalue weighted by atomic mass is 35.5. The van der Waals surface area contributed by atoms with E-state index in [0.29, 0.717) is 16.4 Å². The fourth-order valence-electron chi connectivity index (χ4n) is 2.29. The van der Waals surface area contributed by atoms with Crippen LogP contribution in [0, 0.1) is 0 Å². The number of hydrogen-bond donors (Lipinski definition) is 2. The maximum Gasteiger partial charge on any atom is 0.335 e. The summed E-state index contributed by atoms with van der Waals surface area (Å²) in [4.78, 5) is 33.9. The van der Waals surface area contributed by atoms with Gasteiger partial charge < -0.3 is 14.6 Å². The molecule has 2 aromatic rings. The second kappa shape index (κ2) is 8.81. The summed E-state index contributed by atoms with van der Waals surface area (Å²) in [6, 6.07) is 11.2. The molecular weight excluding hydrogens is 406 g/mol. The molecule has 28 heavy (non-hydrogen) atoms. The smallest absolute Gasteiger partial charge is 0.335 e. The van der Waals surface area contributed by atoms with Crippen molar-refractivity contribution in [2.24, 2.45) is 0 Å². The highest BCUT2D eigenvalue weighted by Crippen LogP contribution is 2.27. The molecule has 0 bridgehead atoms. The Morgan fingerprint density at radius 3 is 2.43 bits per heavy atom. The average molecular weight is 420 g/mol. The molecule has 0 saturated carbocycles. The number of aromatic carboxylic acids is 1. The Hall–Kier alpha value is -2.97. The summed E-state index contributed by atoms with van der Waals surface area (Å²) in [5.41, 5.74) is 0.850. The van der Waals surface area contributed by atoms with E-state index < -0.39 is 11.9 Å². The van der Waals surface area contributed by atoms with Gasteiger partial charge in [-0.05, 0) is 53.7 Å². The zero-order chi connectivity index (χ0) is 20.1. The van der Waals surface area contributed by atoms with E-state index in [1.165, 1.54) is 18.2 Å². The molecule has 0 radical (unpaired) electrons. The minimum atomic E-state index is -1.06. The number of carbonyl (C=O) groups excluding carboxylic acids is 2. The number of ether oxygens (including phenoxy) is 2. The normalized spacial score (nSPS) is 14.8. The van der Waals surface area contributed by atoms with Gasteiger partial charge in [0.15, 0.2) is 0 Å². The third kappa shape index (κ3) is 5.05. The predicted molar refractivity (Wildman–Crippen MR) is 105 cm³/mol. The van der Waals surface area contributed by atoms with Crippen LogP contribution in [0.5, 0.6) is 11.5 Å². The molecule has 0 spiro atoms. The van der Waals surface area contributed by atoms with Crippen molar-refractivity contribution < 1.29 is 29.0 Å². The molecule has 0 aromatic heterocycles. The van der Waals surface area contributed by atoms with Crippen molar-refractivity contribution in [2.75, 3.05) is 13.2 Å². The Bertz CT molecular complexity index is 957. The molecule has 0 aliphatic carbocycles. The molecule has 1 saturated heterocycles. The van der Waals surface area contributed by atoms with Crippen LogP contribution >= 0.6 is 23.4 Å². The Labute approximate surface area is 169 Å². The van der Waals surface area contributed by atoms with Gasteiger partial charge in [0.1, 0.15) is 24.7 Å². The fraction of sp³-hybridized carbons (Fsp3) is 0.105. The molecule has 3 rings (SSSR count). The van der Waals surface area contributed by atoms with E-state index in [0.717, 1.165) is 17.3 Å². The van der Waals surface area contributed by atoms with Crippen LogP contribution in [0.1, 0.15) is 15.9 Å². The maximum absolute atomic E-state index is 11.5. The van der Waals surface area contributed by atoms with Gasteiger partial charge >= 0.3 is 5.97 Å². The molecule has 2 aromatic carbocycles. The lowest BCUT2D eigenvalue weighted by atomic mass is 10.2. The Kier molecular flexibility index (Phi) is 6.23. The van der Waals surface area contributed by atoms with Gasteiger partial charge in [-0.2, -0.15) is 0 Å². The molecule has 9 heteroatoms. The fourth-order valence-corrected chi connectivity index (χ4v) is 3.21. The van der Waals surface area contributed by atoms with E-state index >= 15 is 0 Å². The van der Waals surface area contributed by atoms with Crippen LogP contribution in [-0.4, -0.2) is 35.4 Å². The lowest BCUT2D eigenvalue weighted by Crippen LogP contribution is -2.17. The number of amides is 2. The molecule has 2 N–H and O–H groups in total. The summed E-state index contributed by atoms with van der Waals surface area (Å²) >= 11 is 6.85. The number of benzene rings is 2. The number of carbonyl (C=O) groups is 3. The van der Waals surface area contributed by atoms with Gasteiger partial charge in [-0.15, -0.1) is 0 Å². The number of rotatable bonds is 7. The summed E-state index contributed by atoms with van der Waals surface area (Å²) in [6.45, 7) is 0.473. The van der Waals surface area contributed by atoms with E-state index in [4.69, 9.17) is 26.2 Å². The van der Waals surface area contributed by atoms with Gasteiger partial charge in [-0.3, -0.25) is 14.9 Å². The summed E-state index contributed by atoms with van der Waals surface area (Å²) in [6.07, 6.45) is 1.63. The minimum Gasteiger partial charge on any atom is -0.490 e. The van der Waals surface area contributed by atoms with E-state index in [2.05, 4.69) is 5.32 Å². The van der Waals surface area contributed by atoms with E-state index in [-0.39, 0.29) is 29.0 Å². The molecule has 0 atom stereocenters. The summed E-state index contributed by atoms with van der Waals surface area (Å²) < 4.78 is 11.1. The van der Waals surface area contributed by atoms with E-state index in [1.54, 1.807) is 30.3 Å². The van der Waals surface area contributed by atoms with Gasteiger partial charge in [0.05, 0.1) is 15.5 Å². The largest absolute Gasteiger partial charge is 0.490 e. The topological polar surface area (TPSA) is 102 Å². The highest BCUT2D eigenvalue weighted by molar-refractivity contribution is 8.18. The second-order valence-corrected chi connectivity index (χ2v) is 6.99. The van der Waals surface area contributed by atoms with Crippen LogP contribution in [0.2, 0.25) is 5.02 Å². The molecule has 0 unspecified atom stereocenters. The lowest BCUT2D eigenvalue weighted by Gasteiger charge is -2.10. The molecule has 1 fully saturated rings. The molecule has 144 valence electrons. The third-order valence-electron chi connectivity index (χ3n) is 3.61. The van der Waals surface area contributed by atoms with Crippen molar-refractivity contribution in [3.05, 3.63) is 63.5 Å². The SMILES string of the molecule is O=C1NC(=O)/C(=C\c2ccc(OCCOc3ccc(C(=O)O)cc3Cl)cc2)S1. The van der Waals surface area contributed by atoms with Crippen molar-refractivity contribution in [3.63, 3.8) is 0 Å². The molecule has 7 nitrogen and oxygen atoms in total. The van der Waals surface area contributed by atoms with Crippen LogP contribution < -0.4 is 14.8 Å². The number of carboxylic acids is 1. The molecule has 1 aliphatic heterocycles. The summed E-state index contributed by atoms with van der Waals surface area (Å²) in [5.74, 6) is -0.478. The van der Waals surface area contributed by atoms with Gasteiger partial charge in [-0.1, -0.05) is 23.7 Å². The molecule has 1 aliphatic rings. The lowest BCUT2D eigenvalue weighted by molar-refractivity contribution is -0.115. The first-order valence-electron chi connectivity index (χ1n) is 8.06. The molecule has 1 heterocycles. The van der Waals surface area contributed by atoms with Crippen molar-refractivity contribution in [1.29, 1.82) is 0 Å². The van der Waals surface area contributed by atoms with Gasteiger partial charge in [0.2, 0.25) is 0 Å². The van der Waals surface area contributed by atoms with Gasteiger partial charge in [0, 0.05) is 0 Å². The van der Waals surface area contributed by atoms with Gasteiger partial charge in [-0.25, -0.2) is 4.79 Å². The van der Waals surface area contributed by atoms with Crippen molar-refractivity contribution >= 4 is 46.6 Å². The van der Waals surface area contributed by atoms with Crippen LogP contribution in [0.15, 0.2) is 47.4 Å². The van der Waals surface area contributed by atoms with E-state index in [9.17, 15) is 14.4 Å². The number of halogens is 1. The summed E-state index contributed by atoms with van der Waals surface area (Å²) in [7, 11) is 0. The first kappa shape index (κ1) is 19.8. The quantitative estimate of drug-likeness (QED) is 0.519. The zero-order valence-electron chi connectivity index (χ0n) is 14.3. The number of hydrogen-bond acceptors (Lipinski definition) is 6. The zero-order valence-corrected chi connectivity index (χ0v) is 15.9. The highest BCUT2D eigenvalue weighted by Gasteiger charge is 2.24. The standard InChI is InChI=1S/C19H14ClNO6S/c20-14-10-12(18(23)24)3-6-15(14)27-8-7-26-13-4-1-11(2-5-13)9-16-17(22)21-19(25)28-16/h1-6,9-10H,7-8H2,(H,23,24)(H,21,22,25)/b16-9+. The number of imide groups is 1. The minimum absolute atomic E-state index is 0.0847. The Morgan fingerprint density at radius 1 is 1.11 bits per heavy atom. The number of nitrogens with one attached hydrogen (secondary N) is 1. The van der Waals surface area contributed by atoms with Crippen molar-refractivity contribution in [2.45, 2.75) is 0 Å². The third-order valence-corrected chi connectivity index (χ3v) is 4.71. The van der Waals surface area contributed by atoms with E-state index in [1.807, 2.05) is 0 Å². The summed E-state index contributed by atoms with van der Waals surface area (Å²) in [5, 5.41) is 10.9. The maximum atomic E-state index is 11.5. The van der Waals surface area contributed by atoms with Crippen molar-refractivity contribution in [3.8, 4) is 11.5 Å². The Balaban J connectivity index is 1.49.